The van der Waals surface area contributed by atoms with Gasteiger partial charge in [0.1, 0.15) is 6.04 Å². The zero-order valence-electron chi connectivity index (χ0n) is 12.4. The van der Waals surface area contributed by atoms with Crippen LogP contribution in [0.5, 0.6) is 0 Å². The van der Waals surface area contributed by atoms with Crippen LogP contribution in [-0.2, 0) is 9.59 Å². The Labute approximate surface area is 121 Å². The summed E-state index contributed by atoms with van der Waals surface area (Å²) >= 11 is 0. The van der Waals surface area contributed by atoms with Crippen LogP contribution < -0.4 is 5.32 Å². The van der Waals surface area contributed by atoms with Crippen LogP contribution in [0.1, 0.15) is 51.9 Å². The maximum atomic E-state index is 12.6. The SMILES string of the molecule is CC1CCCC(CN2CCC(=O)NC(C3CC3)C2=O)C1. The van der Waals surface area contributed by atoms with Gasteiger partial charge in [-0.1, -0.05) is 19.8 Å². The van der Waals surface area contributed by atoms with Crippen molar-refractivity contribution < 1.29 is 9.59 Å². The number of hydrogen-bond donors (Lipinski definition) is 1. The van der Waals surface area contributed by atoms with E-state index in [0.29, 0.717) is 24.8 Å². The third kappa shape index (κ3) is 3.15. The van der Waals surface area contributed by atoms with Gasteiger partial charge in [-0.25, -0.2) is 0 Å². The number of nitrogens with zero attached hydrogens (tertiary/aromatic N) is 1. The van der Waals surface area contributed by atoms with Gasteiger partial charge in [0.05, 0.1) is 0 Å². The van der Waals surface area contributed by atoms with E-state index in [-0.39, 0.29) is 17.9 Å². The van der Waals surface area contributed by atoms with Crippen LogP contribution in [0, 0.1) is 17.8 Å². The van der Waals surface area contributed by atoms with E-state index in [1.807, 2.05) is 4.90 Å². The molecule has 112 valence electrons. The van der Waals surface area contributed by atoms with Crippen molar-refractivity contribution in [2.45, 2.75) is 57.9 Å². The van der Waals surface area contributed by atoms with E-state index in [1.54, 1.807) is 0 Å². The highest BCUT2D eigenvalue weighted by molar-refractivity contribution is 5.90. The van der Waals surface area contributed by atoms with E-state index < -0.39 is 0 Å². The molecule has 0 bridgehead atoms. The van der Waals surface area contributed by atoms with E-state index in [0.717, 1.165) is 25.3 Å². The topological polar surface area (TPSA) is 49.4 Å². The molecule has 0 spiro atoms. The van der Waals surface area contributed by atoms with Crippen LogP contribution in [0.3, 0.4) is 0 Å². The first kappa shape index (κ1) is 13.9. The second kappa shape index (κ2) is 5.74. The molecular formula is C16H26N2O2. The van der Waals surface area contributed by atoms with Crippen molar-refractivity contribution in [3.8, 4) is 0 Å². The second-order valence-corrected chi connectivity index (χ2v) is 7.05. The van der Waals surface area contributed by atoms with E-state index in [2.05, 4.69) is 12.2 Å². The fourth-order valence-corrected chi connectivity index (χ4v) is 3.82. The van der Waals surface area contributed by atoms with Crippen LogP contribution in [-0.4, -0.2) is 35.8 Å². The minimum Gasteiger partial charge on any atom is -0.344 e. The Morgan fingerprint density at radius 2 is 2.00 bits per heavy atom. The summed E-state index contributed by atoms with van der Waals surface area (Å²) in [4.78, 5) is 26.4. The summed E-state index contributed by atoms with van der Waals surface area (Å²) in [5.74, 6) is 2.05. The highest BCUT2D eigenvalue weighted by Crippen LogP contribution is 2.35. The molecule has 0 radical (unpaired) electrons. The molecule has 3 atom stereocenters. The predicted octanol–water partition coefficient (Wildman–Crippen LogP) is 1.94. The Hall–Kier alpha value is -1.06. The van der Waals surface area contributed by atoms with E-state index in [4.69, 9.17) is 0 Å². The maximum Gasteiger partial charge on any atom is 0.245 e. The molecule has 2 aliphatic carbocycles. The number of amides is 2. The van der Waals surface area contributed by atoms with Gasteiger partial charge in [-0.2, -0.15) is 0 Å². The van der Waals surface area contributed by atoms with Gasteiger partial charge in [-0.3, -0.25) is 9.59 Å². The number of carbonyl (C=O) groups excluding carboxylic acids is 2. The van der Waals surface area contributed by atoms with Crippen LogP contribution in [0.25, 0.3) is 0 Å². The zero-order chi connectivity index (χ0) is 14.1. The maximum absolute atomic E-state index is 12.6. The van der Waals surface area contributed by atoms with Crippen LogP contribution in [0.4, 0.5) is 0 Å². The normalized spacial score (nSPS) is 35.6. The third-order valence-electron chi connectivity index (χ3n) is 5.12. The first-order chi connectivity index (χ1) is 9.63. The molecule has 3 rings (SSSR count). The lowest BCUT2D eigenvalue weighted by Gasteiger charge is -2.32. The fourth-order valence-electron chi connectivity index (χ4n) is 3.82. The number of hydrogen-bond acceptors (Lipinski definition) is 2. The molecule has 20 heavy (non-hydrogen) atoms. The molecule has 3 unspecified atom stereocenters. The lowest BCUT2D eigenvalue weighted by Crippen LogP contribution is -2.47. The van der Waals surface area contributed by atoms with Gasteiger partial charge in [-0.05, 0) is 43.4 Å². The summed E-state index contributed by atoms with van der Waals surface area (Å²) in [5.41, 5.74) is 0. The van der Waals surface area contributed by atoms with Gasteiger partial charge in [0.15, 0.2) is 0 Å². The molecule has 4 nitrogen and oxygen atoms in total. The first-order valence-electron chi connectivity index (χ1n) is 8.21. The fraction of sp³-hybridized carbons (Fsp3) is 0.875. The van der Waals surface area contributed by atoms with Crippen molar-refractivity contribution in [1.82, 2.24) is 10.2 Å². The van der Waals surface area contributed by atoms with Crippen molar-refractivity contribution in [2.24, 2.45) is 17.8 Å². The molecule has 0 aromatic carbocycles. The van der Waals surface area contributed by atoms with Gasteiger partial charge < -0.3 is 10.2 Å². The van der Waals surface area contributed by atoms with E-state index in [1.165, 1.54) is 25.7 Å². The molecule has 0 aromatic rings. The minimum atomic E-state index is -0.231. The Morgan fingerprint density at radius 3 is 2.70 bits per heavy atom. The Bertz CT molecular complexity index is 392. The summed E-state index contributed by atoms with van der Waals surface area (Å²) in [5, 5.41) is 2.94. The standard InChI is InChI=1S/C16H26N2O2/c1-11-3-2-4-12(9-11)10-18-8-7-14(19)17-15(16(18)20)13-5-6-13/h11-13,15H,2-10H2,1H3,(H,17,19). The average Bonchev–Trinajstić information content (AvgIpc) is 3.24. The molecule has 3 fully saturated rings. The molecule has 3 aliphatic rings. The number of carbonyl (C=O) groups is 2. The predicted molar refractivity (Wildman–Crippen MR) is 77.0 cm³/mol. The Balaban J connectivity index is 1.64. The highest BCUT2D eigenvalue weighted by atomic mass is 16.2. The zero-order valence-corrected chi connectivity index (χ0v) is 12.4. The van der Waals surface area contributed by atoms with Crippen molar-refractivity contribution in [1.29, 1.82) is 0 Å². The van der Waals surface area contributed by atoms with Crippen molar-refractivity contribution >= 4 is 11.8 Å². The smallest absolute Gasteiger partial charge is 0.245 e. The lowest BCUT2D eigenvalue weighted by atomic mass is 9.82. The van der Waals surface area contributed by atoms with Crippen molar-refractivity contribution in [3.05, 3.63) is 0 Å². The molecule has 1 N–H and O–H groups in total. The van der Waals surface area contributed by atoms with E-state index >= 15 is 0 Å². The quantitative estimate of drug-likeness (QED) is 0.857. The molecule has 0 aromatic heterocycles. The Kier molecular flexibility index (Phi) is 3.99. The third-order valence-corrected chi connectivity index (χ3v) is 5.12. The molecular weight excluding hydrogens is 252 g/mol. The summed E-state index contributed by atoms with van der Waals surface area (Å²) in [6.45, 7) is 3.79. The molecule has 2 amide bonds. The minimum absolute atomic E-state index is 0.0507. The molecule has 1 saturated heterocycles. The number of nitrogens with one attached hydrogen (secondary N) is 1. The van der Waals surface area contributed by atoms with Gasteiger partial charge >= 0.3 is 0 Å². The van der Waals surface area contributed by atoms with Crippen molar-refractivity contribution in [3.63, 3.8) is 0 Å². The largest absolute Gasteiger partial charge is 0.344 e. The number of rotatable bonds is 3. The second-order valence-electron chi connectivity index (χ2n) is 7.05. The van der Waals surface area contributed by atoms with Crippen LogP contribution in [0.15, 0.2) is 0 Å². The summed E-state index contributed by atoms with van der Waals surface area (Å²) in [7, 11) is 0. The van der Waals surface area contributed by atoms with Gasteiger partial charge in [-0.15, -0.1) is 0 Å². The monoisotopic (exact) mass is 278 g/mol. The van der Waals surface area contributed by atoms with Crippen LogP contribution >= 0.6 is 0 Å². The summed E-state index contributed by atoms with van der Waals surface area (Å²) in [6, 6.07) is -0.231. The first-order valence-corrected chi connectivity index (χ1v) is 8.21. The average molecular weight is 278 g/mol. The molecule has 2 saturated carbocycles. The summed E-state index contributed by atoms with van der Waals surface area (Å²) in [6.07, 6.45) is 7.74. The molecule has 1 aliphatic heterocycles. The van der Waals surface area contributed by atoms with Gasteiger partial charge in [0.2, 0.25) is 11.8 Å². The van der Waals surface area contributed by atoms with Gasteiger partial charge in [0, 0.05) is 19.5 Å². The Morgan fingerprint density at radius 1 is 1.20 bits per heavy atom. The van der Waals surface area contributed by atoms with Crippen molar-refractivity contribution in [2.75, 3.05) is 13.1 Å². The summed E-state index contributed by atoms with van der Waals surface area (Å²) < 4.78 is 0. The van der Waals surface area contributed by atoms with Gasteiger partial charge in [0.25, 0.3) is 0 Å². The molecule has 1 heterocycles. The van der Waals surface area contributed by atoms with Crippen LogP contribution in [0.2, 0.25) is 0 Å². The lowest BCUT2D eigenvalue weighted by molar-refractivity contribution is -0.134. The molecule has 4 heteroatoms. The van der Waals surface area contributed by atoms with E-state index in [9.17, 15) is 9.59 Å². The highest BCUT2D eigenvalue weighted by Gasteiger charge is 2.41.